The predicted molar refractivity (Wildman–Crippen MR) is 64.8 cm³/mol. The molecule has 0 aromatic carbocycles. The first-order chi connectivity index (χ1) is 7.43. The Morgan fingerprint density at radius 3 is 2.29 bits per heavy atom. The van der Waals surface area contributed by atoms with Gasteiger partial charge in [0, 0.05) is 12.3 Å². The summed E-state index contributed by atoms with van der Waals surface area (Å²) in [6.45, 7) is 6.93. The summed E-state index contributed by atoms with van der Waals surface area (Å²) in [5.74, 6) is -3.67. The van der Waals surface area contributed by atoms with E-state index in [-0.39, 0.29) is 17.8 Å². The van der Waals surface area contributed by atoms with Crippen LogP contribution in [0.2, 0.25) is 0 Å². The number of aliphatic hydroxyl groups is 4. The molecule has 0 unspecified atom stereocenters. The lowest BCUT2D eigenvalue weighted by Crippen LogP contribution is -2.41. The molecule has 0 aromatic heterocycles. The van der Waals surface area contributed by atoms with Crippen LogP contribution in [0.4, 0.5) is 0 Å². The standard InChI is InChI=1S/C13H22O4/c1-9-7-13(16,17)8-11(2,3)10(9)5-6-12(4,14)15/h5-7,10,14-17H,8H2,1-4H3/b6-5+/t10-/m0/s1. The van der Waals surface area contributed by atoms with Crippen LogP contribution in [-0.2, 0) is 0 Å². The van der Waals surface area contributed by atoms with E-state index >= 15 is 0 Å². The molecule has 0 spiro atoms. The van der Waals surface area contributed by atoms with E-state index in [1.807, 2.05) is 20.8 Å². The van der Waals surface area contributed by atoms with Crippen molar-refractivity contribution >= 4 is 0 Å². The maximum Gasteiger partial charge on any atom is 0.183 e. The highest BCUT2D eigenvalue weighted by molar-refractivity contribution is 5.23. The molecule has 0 fully saturated rings. The zero-order valence-corrected chi connectivity index (χ0v) is 10.8. The minimum absolute atomic E-state index is 0.0476. The van der Waals surface area contributed by atoms with Gasteiger partial charge in [0.1, 0.15) is 0 Å². The fraction of sp³-hybridized carbons (Fsp3) is 0.692. The second-order valence-corrected chi connectivity index (χ2v) is 5.86. The van der Waals surface area contributed by atoms with Gasteiger partial charge in [-0.05, 0) is 31.4 Å². The van der Waals surface area contributed by atoms with Gasteiger partial charge in [0.15, 0.2) is 11.6 Å². The minimum atomic E-state index is -1.84. The number of hydrogen-bond donors (Lipinski definition) is 4. The van der Waals surface area contributed by atoms with E-state index in [4.69, 9.17) is 0 Å². The Balaban J connectivity index is 3.03. The third-order valence-electron chi connectivity index (χ3n) is 3.11. The topological polar surface area (TPSA) is 80.9 Å². The lowest BCUT2D eigenvalue weighted by Gasteiger charge is -2.42. The van der Waals surface area contributed by atoms with Crippen molar-refractivity contribution in [3.8, 4) is 0 Å². The first kappa shape index (κ1) is 14.4. The van der Waals surface area contributed by atoms with Crippen molar-refractivity contribution < 1.29 is 20.4 Å². The second-order valence-electron chi connectivity index (χ2n) is 5.86. The van der Waals surface area contributed by atoms with E-state index in [0.717, 1.165) is 5.57 Å². The monoisotopic (exact) mass is 242 g/mol. The Labute approximate surface area is 102 Å². The van der Waals surface area contributed by atoms with Gasteiger partial charge in [-0.25, -0.2) is 0 Å². The summed E-state index contributed by atoms with van der Waals surface area (Å²) < 4.78 is 0. The van der Waals surface area contributed by atoms with E-state index in [0.29, 0.717) is 0 Å². The molecule has 98 valence electrons. The molecule has 1 atom stereocenters. The van der Waals surface area contributed by atoms with Gasteiger partial charge < -0.3 is 20.4 Å². The molecule has 4 N–H and O–H groups in total. The molecule has 1 rings (SSSR count). The molecule has 0 saturated heterocycles. The van der Waals surface area contributed by atoms with Gasteiger partial charge in [0.05, 0.1) is 0 Å². The molecule has 1 aliphatic carbocycles. The minimum Gasteiger partial charge on any atom is -0.363 e. The van der Waals surface area contributed by atoms with E-state index in [2.05, 4.69) is 0 Å². The highest BCUT2D eigenvalue weighted by atomic mass is 16.5. The molecular weight excluding hydrogens is 220 g/mol. The van der Waals surface area contributed by atoms with Gasteiger partial charge in [0.25, 0.3) is 0 Å². The van der Waals surface area contributed by atoms with Crippen LogP contribution in [0.1, 0.15) is 34.1 Å². The van der Waals surface area contributed by atoms with Crippen molar-refractivity contribution in [2.24, 2.45) is 11.3 Å². The summed E-state index contributed by atoms with van der Waals surface area (Å²) in [5, 5.41) is 37.9. The first-order valence-electron chi connectivity index (χ1n) is 5.71. The van der Waals surface area contributed by atoms with Crippen molar-refractivity contribution in [3.05, 3.63) is 23.8 Å². The fourth-order valence-corrected chi connectivity index (χ4v) is 2.59. The van der Waals surface area contributed by atoms with E-state index in [1.54, 1.807) is 6.08 Å². The molecule has 0 radical (unpaired) electrons. The zero-order chi connectivity index (χ0) is 13.5. The van der Waals surface area contributed by atoms with Crippen LogP contribution < -0.4 is 0 Å². The largest absolute Gasteiger partial charge is 0.363 e. The van der Waals surface area contributed by atoms with E-state index in [1.165, 1.54) is 19.1 Å². The normalized spacial score (nSPS) is 28.2. The highest BCUT2D eigenvalue weighted by Gasteiger charge is 2.41. The Morgan fingerprint density at radius 2 is 1.88 bits per heavy atom. The molecule has 0 bridgehead atoms. The van der Waals surface area contributed by atoms with Crippen LogP contribution in [-0.4, -0.2) is 32.0 Å². The van der Waals surface area contributed by atoms with Crippen molar-refractivity contribution in [1.82, 2.24) is 0 Å². The van der Waals surface area contributed by atoms with Crippen LogP contribution in [0, 0.1) is 11.3 Å². The number of rotatable bonds is 2. The molecule has 0 saturated carbocycles. The molecule has 0 aliphatic heterocycles. The molecule has 0 heterocycles. The van der Waals surface area contributed by atoms with E-state index < -0.39 is 11.6 Å². The zero-order valence-electron chi connectivity index (χ0n) is 10.8. The van der Waals surface area contributed by atoms with Gasteiger partial charge in [0.2, 0.25) is 0 Å². The number of hydrogen-bond acceptors (Lipinski definition) is 4. The highest BCUT2D eigenvalue weighted by Crippen LogP contribution is 2.44. The summed E-state index contributed by atoms with van der Waals surface area (Å²) in [4.78, 5) is 0. The maximum atomic E-state index is 9.68. The summed E-state index contributed by atoms with van der Waals surface area (Å²) in [6.07, 6.45) is 4.65. The average molecular weight is 242 g/mol. The molecule has 17 heavy (non-hydrogen) atoms. The smallest absolute Gasteiger partial charge is 0.183 e. The number of allylic oxidation sites excluding steroid dienone is 2. The van der Waals surface area contributed by atoms with Gasteiger partial charge in [-0.15, -0.1) is 0 Å². The van der Waals surface area contributed by atoms with E-state index in [9.17, 15) is 20.4 Å². The van der Waals surface area contributed by atoms with Crippen molar-refractivity contribution in [2.45, 2.75) is 45.7 Å². The van der Waals surface area contributed by atoms with Crippen LogP contribution >= 0.6 is 0 Å². The van der Waals surface area contributed by atoms with Crippen LogP contribution in [0.3, 0.4) is 0 Å². The van der Waals surface area contributed by atoms with Crippen molar-refractivity contribution in [1.29, 1.82) is 0 Å². The Bertz CT molecular complexity index is 345. The lowest BCUT2D eigenvalue weighted by molar-refractivity contribution is -0.152. The van der Waals surface area contributed by atoms with Gasteiger partial charge in [-0.1, -0.05) is 25.5 Å². The summed E-state index contributed by atoms with van der Waals surface area (Å²) in [5.41, 5.74) is 0.455. The first-order valence-corrected chi connectivity index (χ1v) is 5.71. The van der Waals surface area contributed by atoms with Gasteiger partial charge in [-0.2, -0.15) is 0 Å². The second kappa shape index (κ2) is 4.21. The summed E-state index contributed by atoms with van der Waals surface area (Å²) in [7, 11) is 0. The van der Waals surface area contributed by atoms with Crippen molar-refractivity contribution in [2.75, 3.05) is 0 Å². The third-order valence-corrected chi connectivity index (χ3v) is 3.11. The maximum absolute atomic E-state index is 9.68. The van der Waals surface area contributed by atoms with Crippen LogP contribution in [0.25, 0.3) is 0 Å². The summed E-state index contributed by atoms with van der Waals surface area (Å²) in [6, 6.07) is 0. The van der Waals surface area contributed by atoms with Crippen molar-refractivity contribution in [3.63, 3.8) is 0 Å². The average Bonchev–Trinajstić information content (AvgIpc) is 1.94. The van der Waals surface area contributed by atoms with Gasteiger partial charge in [-0.3, -0.25) is 0 Å². The molecule has 0 amide bonds. The van der Waals surface area contributed by atoms with Crippen LogP contribution in [0.5, 0.6) is 0 Å². The summed E-state index contributed by atoms with van der Waals surface area (Å²) >= 11 is 0. The van der Waals surface area contributed by atoms with Gasteiger partial charge >= 0.3 is 0 Å². The fourth-order valence-electron chi connectivity index (χ4n) is 2.59. The molecule has 4 nitrogen and oxygen atoms in total. The Hall–Kier alpha value is -0.680. The lowest BCUT2D eigenvalue weighted by atomic mass is 9.66. The Kier molecular flexibility index (Phi) is 3.56. The third kappa shape index (κ3) is 3.92. The molecule has 0 aromatic rings. The quantitative estimate of drug-likeness (QED) is 0.429. The Morgan fingerprint density at radius 1 is 1.35 bits per heavy atom. The predicted octanol–water partition coefficient (Wildman–Crippen LogP) is 0.917. The molecule has 4 heteroatoms. The molecule has 1 aliphatic rings. The van der Waals surface area contributed by atoms with Crippen LogP contribution in [0.15, 0.2) is 23.8 Å². The SMILES string of the molecule is CC1=CC(O)(O)CC(C)(C)[C@H]1/C=C/C(C)(O)O. The molecular formula is C13H22O4.